The third-order valence-corrected chi connectivity index (χ3v) is 2.44. The number of hydrogen-bond donors (Lipinski definition) is 1. The average Bonchev–Trinajstić information content (AvgIpc) is 2.50. The van der Waals surface area contributed by atoms with Gasteiger partial charge in [0.2, 0.25) is 0 Å². The predicted octanol–water partition coefficient (Wildman–Crippen LogP) is 1.54. The van der Waals surface area contributed by atoms with E-state index in [4.69, 9.17) is 5.26 Å². The monoisotopic (exact) mass is 206 g/mol. The van der Waals surface area contributed by atoms with Gasteiger partial charge >= 0.3 is 0 Å². The van der Waals surface area contributed by atoms with Crippen LogP contribution in [-0.2, 0) is 7.05 Å². The summed E-state index contributed by atoms with van der Waals surface area (Å²) in [7, 11) is 1.88. The number of nitrogens with zero attached hydrogens (tertiary/aromatic N) is 3. The molecule has 82 valence electrons. The van der Waals surface area contributed by atoms with Crippen molar-refractivity contribution in [2.75, 3.05) is 6.54 Å². The Balaban J connectivity index is 2.76. The number of hydrogen-bond acceptors (Lipinski definition) is 3. The van der Waals surface area contributed by atoms with E-state index in [9.17, 15) is 0 Å². The lowest BCUT2D eigenvalue weighted by atomic mass is 10.1. The first-order chi connectivity index (χ1) is 7.06. The summed E-state index contributed by atoms with van der Waals surface area (Å²) >= 11 is 0. The fraction of sp³-hybridized carbons (Fsp3) is 0.636. The van der Waals surface area contributed by atoms with Crippen molar-refractivity contribution in [3.63, 3.8) is 0 Å². The second-order valence-corrected chi connectivity index (χ2v) is 4.17. The fourth-order valence-corrected chi connectivity index (χ4v) is 1.38. The zero-order chi connectivity index (χ0) is 11.4. The number of rotatable bonds is 4. The molecule has 0 saturated heterocycles. The van der Waals surface area contributed by atoms with Crippen LogP contribution < -0.4 is 5.32 Å². The van der Waals surface area contributed by atoms with Gasteiger partial charge in [-0.3, -0.25) is 10.00 Å². The Morgan fingerprint density at radius 2 is 2.27 bits per heavy atom. The molecule has 0 saturated carbocycles. The molecular weight excluding hydrogens is 188 g/mol. The molecule has 4 nitrogen and oxygen atoms in total. The van der Waals surface area contributed by atoms with E-state index < -0.39 is 0 Å². The summed E-state index contributed by atoms with van der Waals surface area (Å²) in [5.74, 6) is 0.540. The highest BCUT2D eigenvalue weighted by Crippen LogP contribution is 2.15. The summed E-state index contributed by atoms with van der Waals surface area (Å²) in [6.07, 6.45) is 1.76. The van der Waals surface area contributed by atoms with Gasteiger partial charge in [-0.05, 0) is 19.4 Å². The molecule has 1 heterocycles. The number of nitrogens with one attached hydrogen (secondary N) is 1. The largest absolute Gasteiger partial charge is 0.298 e. The molecule has 1 unspecified atom stereocenters. The summed E-state index contributed by atoms with van der Waals surface area (Å²) in [5, 5.41) is 16.4. The highest BCUT2D eigenvalue weighted by molar-refractivity contribution is 5.25. The lowest BCUT2D eigenvalue weighted by Gasteiger charge is -2.12. The SMILES string of the molecule is Cc1c(C(C#N)NCC(C)C)cnn1C. The first kappa shape index (κ1) is 11.7. The molecule has 1 aromatic rings. The van der Waals surface area contributed by atoms with Crippen molar-refractivity contribution in [1.82, 2.24) is 15.1 Å². The normalized spacial score (nSPS) is 12.8. The van der Waals surface area contributed by atoms with Gasteiger partial charge < -0.3 is 0 Å². The van der Waals surface area contributed by atoms with Crippen molar-refractivity contribution >= 4 is 0 Å². The lowest BCUT2D eigenvalue weighted by molar-refractivity contribution is 0.523. The van der Waals surface area contributed by atoms with E-state index in [-0.39, 0.29) is 6.04 Å². The summed E-state index contributed by atoms with van der Waals surface area (Å²) in [4.78, 5) is 0. The Morgan fingerprint density at radius 3 is 2.67 bits per heavy atom. The maximum absolute atomic E-state index is 9.08. The van der Waals surface area contributed by atoms with Gasteiger partial charge in [0.25, 0.3) is 0 Å². The molecule has 0 aliphatic heterocycles. The third kappa shape index (κ3) is 2.80. The average molecular weight is 206 g/mol. The third-order valence-electron chi connectivity index (χ3n) is 2.44. The minimum atomic E-state index is -0.249. The topological polar surface area (TPSA) is 53.6 Å². The second-order valence-electron chi connectivity index (χ2n) is 4.17. The molecule has 1 aromatic heterocycles. The minimum absolute atomic E-state index is 0.249. The van der Waals surface area contributed by atoms with Crippen LogP contribution >= 0.6 is 0 Å². The van der Waals surface area contributed by atoms with Crippen LogP contribution in [-0.4, -0.2) is 16.3 Å². The molecule has 0 fully saturated rings. The van der Waals surface area contributed by atoms with E-state index in [1.807, 2.05) is 14.0 Å². The van der Waals surface area contributed by atoms with Gasteiger partial charge in [0.05, 0.1) is 12.3 Å². The van der Waals surface area contributed by atoms with Crippen LogP contribution in [0.1, 0.15) is 31.1 Å². The molecule has 0 aromatic carbocycles. The molecule has 1 N–H and O–H groups in total. The maximum Gasteiger partial charge on any atom is 0.124 e. The van der Waals surface area contributed by atoms with Gasteiger partial charge in [-0.2, -0.15) is 10.4 Å². The van der Waals surface area contributed by atoms with E-state index >= 15 is 0 Å². The molecule has 15 heavy (non-hydrogen) atoms. The van der Waals surface area contributed by atoms with E-state index in [0.29, 0.717) is 5.92 Å². The molecule has 0 bridgehead atoms. The van der Waals surface area contributed by atoms with E-state index in [2.05, 4.69) is 30.3 Å². The Hall–Kier alpha value is -1.34. The van der Waals surface area contributed by atoms with Gasteiger partial charge in [-0.1, -0.05) is 13.8 Å². The summed E-state index contributed by atoms with van der Waals surface area (Å²) < 4.78 is 1.79. The van der Waals surface area contributed by atoms with Gasteiger partial charge in [0.1, 0.15) is 6.04 Å². The maximum atomic E-state index is 9.08. The van der Waals surface area contributed by atoms with E-state index in [1.165, 1.54) is 0 Å². The Kier molecular flexibility index (Phi) is 3.87. The summed E-state index contributed by atoms with van der Waals surface area (Å²) in [6.45, 7) is 7.06. The molecule has 0 aliphatic rings. The van der Waals surface area contributed by atoms with Crippen molar-refractivity contribution < 1.29 is 0 Å². The molecule has 4 heteroatoms. The van der Waals surface area contributed by atoms with Crippen LogP contribution in [0.25, 0.3) is 0 Å². The minimum Gasteiger partial charge on any atom is -0.298 e. The zero-order valence-corrected chi connectivity index (χ0v) is 9.78. The fourth-order valence-electron chi connectivity index (χ4n) is 1.38. The molecule has 0 radical (unpaired) electrons. The van der Waals surface area contributed by atoms with Crippen LogP contribution in [0.15, 0.2) is 6.20 Å². The van der Waals surface area contributed by atoms with Crippen LogP contribution in [0.5, 0.6) is 0 Å². The molecule has 0 aliphatic carbocycles. The van der Waals surface area contributed by atoms with Crippen LogP contribution in [0.4, 0.5) is 0 Å². The van der Waals surface area contributed by atoms with Crippen molar-refractivity contribution in [3.8, 4) is 6.07 Å². The van der Waals surface area contributed by atoms with E-state index in [0.717, 1.165) is 17.8 Å². The first-order valence-electron chi connectivity index (χ1n) is 5.17. The van der Waals surface area contributed by atoms with Gasteiger partial charge in [-0.15, -0.1) is 0 Å². The summed E-state index contributed by atoms with van der Waals surface area (Å²) in [6, 6.07) is 2.01. The second kappa shape index (κ2) is 4.94. The number of aryl methyl sites for hydroxylation is 1. The molecular formula is C11H18N4. The Morgan fingerprint density at radius 1 is 1.60 bits per heavy atom. The van der Waals surface area contributed by atoms with Gasteiger partial charge in [-0.25, -0.2) is 0 Å². The van der Waals surface area contributed by atoms with Crippen LogP contribution in [0.3, 0.4) is 0 Å². The standard InChI is InChI=1S/C11H18N4/c1-8(2)6-13-11(5-12)10-7-14-15(4)9(10)3/h7-8,11,13H,6H2,1-4H3. The van der Waals surface area contributed by atoms with Crippen molar-refractivity contribution in [2.45, 2.75) is 26.8 Å². The highest BCUT2D eigenvalue weighted by atomic mass is 15.3. The zero-order valence-electron chi connectivity index (χ0n) is 9.78. The first-order valence-corrected chi connectivity index (χ1v) is 5.17. The predicted molar refractivity (Wildman–Crippen MR) is 59.1 cm³/mol. The lowest BCUT2D eigenvalue weighted by Crippen LogP contribution is -2.24. The van der Waals surface area contributed by atoms with E-state index in [1.54, 1.807) is 10.9 Å². The van der Waals surface area contributed by atoms with Crippen molar-refractivity contribution in [3.05, 3.63) is 17.5 Å². The van der Waals surface area contributed by atoms with Gasteiger partial charge in [0.15, 0.2) is 0 Å². The number of aromatic nitrogens is 2. The highest BCUT2D eigenvalue weighted by Gasteiger charge is 2.15. The Bertz CT molecular complexity index is 359. The quantitative estimate of drug-likeness (QED) is 0.813. The van der Waals surface area contributed by atoms with Crippen molar-refractivity contribution in [2.24, 2.45) is 13.0 Å². The van der Waals surface area contributed by atoms with Crippen molar-refractivity contribution in [1.29, 1.82) is 5.26 Å². The molecule has 1 rings (SSSR count). The van der Waals surface area contributed by atoms with Crippen LogP contribution in [0, 0.1) is 24.2 Å². The molecule has 1 atom stereocenters. The smallest absolute Gasteiger partial charge is 0.124 e. The molecule has 0 spiro atoms. The number of nitriles is 1. The molecule has 0 amide bonds. The van der Waals surface area contributed by atoms with Crippen LogP contribution in [0.2, 0.25) is 0 Å². The Labute approximate surface area is 90.9 Å². The van der Waals surface area contributed by atoms with Gasteiger partial charge in [0, 0.05) is 18.3 Å². The summed E-state index contributed by atoms with van der Waals surface area (Å²) in [5.41, 5.74) is 2.01.